The van der Waals surface area contributed by atoms with Gasteiger partial charge in [0.05, 0.1) is 0 Å². The third-order valence-electron chi connectivity index (χ3n) is 2.52. The van der Waals surface area contributed by atoms with E-state index in [-0.39, 0.29) is 0 Å². The molecule has 58 valence electrons. The SMILES string of the molecule is C1CC2CNCNC2CN1. The number of nitrogens with one attached hydrogen (secondary N) is 3. The molecule has 3 N–H and O–H groups in total. The molecule has 2 unspecified atom stereocenters. The molecule has 0 amide bonds. The third kappa shape index (κ3) is 1.17. The molecule has 0 aromatic carbocycles. The van der Waals surface area contributed by atoms with Gasteiger partial charge in [0.25, 0.3) is 0 Å². The van der Waals surface area contributed by atoms with Gasteiger partial charge in [-0.05, 0) is 18.9 Å². The van der Waals surface area contributed by atoms with Crippen LogP contribution in [0.2, 0.25) is 0 Å². The van der Waals surface area contributed by atoms with Gasteiger partial charge in [-0.15, -0.1) is 0 Å². The maximum absolute atomic E-state index is 3.45. The minimum Gasteiger partial charge on any atom is -0.315 e. The number of hydrogen-bond acceptors (Lipinski definition) is 3. The van der Waals surface area contributed by atoms with Gasteiger partial charge in [0, 0.05) is 25.8 Å². The normalized spacial score (nSPS) is 40.8. The lowest BCUT2D eigenvalue weighted by Gasteiger charge is -2.37. The van der Waals surface area contributed by atoms with Crippen LogP contribution in [-0.2, 0) is 0 Å². The van der Waals surface area contributed by atoms with Crippen molar-refractivity contribution in [3.63, 3.8) is 0 Å². The predicted molar refractivity (Wildman–Crippen MR) is 40.8 cm³/mol. The topological polar surface area (TPSA) is 36.1 Å². The Kier molecular flexibility index (Phi) is 1.88. The van der Waals surface area contributed by atoms with E-state index in [0.29, 0.717) is 0 Å². The molecule has 0 bridgehead atoms. The average Bonchev–Trinajstić information content (AvgIpc) is 2.05. The van der Waals surface area contributed by atoms with E-state index in [9.17, 15) is 0 Å². The summed E-state index contributed by atoms with van der Waals surface area (Å²) >= 11 is 0. The minimum absolute atomic E-state index is 0.731. The zero-order valence-corrected chi connectivity index (χ0v) is 6.19. The molecule has 0 spiro atoms. The lowest BCUT2D eigenvalue weighted by molar-refractivity contribution is 0.226. The lowest BCUT2D eigenvalue weighted by atomic mass is 9.91. The summed E-state index contributed by atoms with van der Waals surface area (Å²) in [6.45, 7) is 4.55. The Bertz CT molecular complexity index is 89.4. The van der Waals surface area contributed by atoms with Crippen molar-refractivity contribution < 1.29 is 0 Å². The molecule has 3 heteroatoms. The molecular weight excluding hydrogens is 126 g/mol. The van der Waals surface area contributed by atoms with E-state index in [4.69, 9.17) is 0 Å². The molecular formula is C7H15N3. The van der Waals surface area contributed by atoms with Crippen molar-refractivity contribution >= 4 is 0 Å². The summed E-state index contributed by atoms with van der Waals surface area (Å²) in [5.74, 6) is 0.870. The Labute approximate surface area is 61.6 Å². The second kappa shape index (κ2) is 2.86. The smallest absolute Gasteiger partial charge is 0.0457 e. The quantitative estimate of drug-likeness (QED) is 0.410. The number of rotatable bonds is 0. The molecule has 0 aromatic rings. The summed E-state index contributed by atoms with van der Waals surface area (Å²) in [7, 11) is 0. The van der Waals surface area contributed by atoms with Gasteiger partial charge in [0.15, 0.2) is 0 Å². The van der Waals surface area contributed by atoms with Gasteiger partial charge in [0.1, 0.15) is 0 Å². The summed E-state index contributed by atoms with van der Waals surface area (Å²) in [5, 5.41) is 10.2. The molecule has 0 aliphatic carbocycles. The van der Waals surface area contributed by atoms with Crippen LogP contribution in [0.3, 0.4) is 0 Å². The van der Waals surface area contributed by atoms with E-state index >= 15 is 0 Å². The standard InChI is InChI=1S/C7H15N3/c1-2-8-4-7-6(1)3-9-5-10-7/h6-10H,1-5H2. The molecule has 0 radical (unpaired) electrons. The number of hydrogen-bond donors (Lipinski definition) is 3. The number of piperidine rings is 1. The first kappa shape index (κ1) is 6.58. The van der Waals surface area contributed by atoms with Gasteiger partial charge in [-0.25, -0.2) is 0 Å². The molecule has 2 fully saturated rings. The fourth-order valence-electron chi connectivity index (χ4n) is 1.86. The lowest BCUT2D eigenvalue weighted by Crippen LogP contribution is -2.58. The van der Waals surface area contributed by atoms with Gasteiger partial charge < -0.3 is 16.0 Å². The van der Waals surface area contributed by atoms with Crippen LogP contribution < -0.4 is 16.0 Å². The fraction of sp³-hybridized carbons (Fsp3) is 1.00. The van der Waals surface area contributed by atoms with E-state index in [0.717, 1.165) is 25.2 Å². The van der Waals surface area contributed by atoms with Crippen LogP contribution in [0.5, 0.6) is 0 Å². The highest BCUT2D eigenvalue weighted by atomic mass is 15.1. The third-order valence-corrected chi connectivity index (χ3v) is 2.52. The van der Waals surface area contributed by atoms with Crippen molar-refractivity contribution in [1.82, 2.24) is 16.0 Å². The molecule has 0 aromatic heterocycles. The molecule has 2 heterocycles. The van der Waals surface area contributed by atoms with Crippen LogP contribution in [0, 0.1) is 5.92 Å². The fourth-order valence-corrected chi connectivity index (χ4v) is 1.86. The van der Waals surface area contributed by atoms with Gasteiger partial charge in [-0.2, -0.15) is 0 Å². The largest absolute Gasteiger partial charge is 0.315 e. The van der Waals surface area contributed by atoms with Crippen LogP contribution in [0.15, 0.2) is 0 Å². The van der Waals surface area contributed by atoms with Crippen molar-refractivity contribution in [2.24, 2.45) is 5.92 Å². The minimum atomic E-state index is 0.731. The van der Waals surface area contributed by atoms with Gasteiger partial charge >= 0.3 is 0 Å². The van der Waals surface area contributed by atoms with Gasteiger partial charge in [0.2, 0.25) is 0 Å². The van der Waals surface area contributed by atoms with Crippen molar-refractivity contribution in [1.29, 1.82) is 0 Å². The second-order valence-corrected chi connectivity index (χ2v) is 3.19. The molecule has 2 saturated heterocycles. The van der Waals surface area contributed by atoms with E-state index in [1.165, 1.54) is 19.5 Å². The first-order valence-corrected chi connectivity index (χ1v) is 4.11. The Morgan fingerprint density at radius 2 is 2.10 bits per heavy atom. The van der Waals surface area contributed by atoms with Gasteiger partial charge in [-0.1, -0.05) is 0 Å². The Morgan fingerprint density at radius 3 is 3.00 bits per heavy atom. The Hall–Kier alpha value is -0.120. The summed E-state index contributed by atoms with van der Waals surface area (Å²) in [4.78, 5) is 0. The summed E-state index contributed by atoms with van der Waals surface area (Å²) in [6, 6.07) is 0.731. The Morgan fingerprint density at radius 1 is 1.10 bits per heavy atom. The molecule has 2 aliphatic heterocycles. The molecule has 2 atom stereocenters. The predicted octanol–water partition coefficient (Wildman–Crippen LogP) is -0.885. The zero-order valence-electron chi connectivity index (χ0n) is 6.19. The van der Waals surface area contributed by atoms with Crippen LogP contribution >= 0.6 is 0 Å². The van der Waals surface area contributed by atoms with Crippen molar-refractivity contribution in [3.05, 3.63) is 0 Å². The maximum atomic E-state index is 3.45. The average molecular weight is 141 g/mol. The highest BCUT2D eigenvalue weighted by Gasteiger charge is 2.26. The molecule has 3 nitrogen and oxygen atoms in total. The van der Waals surface area contributed by atoms with Crippen LogP contribution in [-0.4, -0.2) is 32.3 Å². The van der Waals surface area contributed by atoms with Crippen LogP contribution in [0.1, 0.15) is 6.42 Å². The van der Waals surface area contributed by atoms with Crippen molar-refractivity contribution in [2.75, 3.05) is 26.3 Å². The second-order valence-electron chi connectivity index (χ2n) is 3.19. The molecule has 10 heavy (non-hydrogen) atoms. The first-order chi connectivity index (χ1) is 4.97. The van der Waals surface area contributed by atoms with Crippen LogP contribution in [0.25, 0.3) is 0 Å². The van der Waals surface area contributed by atoms with E-state index in [2.05, 4.69) is 16.0 Å². The van der Waals surface area contributed by atoms with Crippen molar-refractivity contribution in [2.45, 2.75) is 12.5 Å². The van der Waals surface area contributed by atoms with Crippen molar-refractivity contribution in [3.8, 4) is 0 Å². The van der Waals surface area contributed by atoms with Crippen LogP contribution in [0.4, 0.5) is 0 Å². The molecule has 2 rings (SSSR count). The zero-order chi connectivity index (χ0) is 6.81. The van der Waals surface area contributed by atoms with E-state index in [1.807, 2.05) is 0 Å². The summed E-state index contributed by atoms with van der Waals surface area (Å²) in [5.41, 5.74) is 0. The molecule has 0 saturated carbocycles. The van der Waals surface area contributed by atoms with Gasteiger partial charge in [-0.3, -0.25) is 0 Å². The maximum Gasteiger partial charge on any atom is 0.0457 e. The number of fused-ring (bicyclic) bond motifs is 1. The highest BCUT2D eigenvalue weighted by molar-refractivity contribution is 4.87. The monoisotopic (exact) mass is 141 g/mol. The van der Waals surface area contributed by atoms with E-state index < -0.39 is 0 Å². The summed E-state index contributed by atoms with van der Waals surface area (Å²) < 4.78 is 0. The summed E-state index contributed by atoms with van der Waals surface area (Å²) in [6.07, 6.45) is 1.32. The first-order valence-electron chi connectivity index (χ1n) is 4.11. The Balaban J connectivity index is 1.93. The molecule has 2 aliphatic rings. The highest BCUT2D eigenvalue weighted by Crippen LogP contribution is 2.12. The van der Waals surface area contributed by atoms with E-state index in [1.54, 1.807) is 0 Å².